The highest BCUT2D eigenvalue weighted by molar-refractivity contribution is 5.71. The summed E-state index contributed by atoms with van der Waals surface area (Å²) in [4.78, 5) is 9.01. The van der Waals surface area contributed by atoms with E-state index in [0.29, 0.717) is 12.5 Å². The molecule has 0 atom stereocenters. The predicted octanol–water partition coefficient (Wildman–Crippen LogP) is 1.27. The first-order valence-electron chi connectivity index (χ1n) is 5.41. The van der Waals surface area contributed by atoms with Gasteiger partial charge in [0.05, 0.1) is 0 Å². The van der Waals surface area contributed by atoms with Gasteiger partial charge in [-0.05, 0) is 25.0 Å². The van der Waals surface area contributed by atoms with Crippen molar-refractivity contribution < 1.29 is 0 Å². The van der Waals surface area contributed by atoms with Gasteiger partial charge in [0.2, 0.25) is 0 Å². The van der Waals surface area contributed by atoms with Crippen LogP contribution in [-0.2, 0) is 6.54 Å². The van der Waals surface area contributed by atoms with Crippen LogP contribution in [0.3, 0.4) is 0 Å². The summed E-state index contributed by atoms with van der Waals surface area (Å²) in [6.07, 6.45) is 4.33. The highest BCUT2D eigenvalue weighted by Crippen LogP contribution is 2.40. The van der Waals surface area contributed by atoms with Crippen molar-refractivity contribution in [2.75, 3.05) is 6.54 Å². The first-order chi connectivity index (χ1) is 7.40. The van der Waals surface area contributed by atoms with E-state index >= 15 is 0 Å². The Morgan fingerprint density at radius 1 is 1.47 bits per heavy atom. The maximum atomic E-state index is 5.62. The van der Waals surface area contributed by atoms with E-state index in [0.717, 1.165) is 17.7 Å². The van der Waals surface area contributed by atoms with Gasteiger partial charge in [-0.15, -0.1) is 0 Å². The predicted molar refractivity (Wildman–Crippen MR) is 58.6 cm³/mol. The molecule has 0 saturated heterocycles. The lowest BCUT2D eigenvalue weighted by atomic mass is 10.4. The normalized spacial score (nSPS) is 16.1. The molecule has 3 rings (SSSR count). The van der Waals surface area contributed by atoms with Crippen LogP contribution in [-0.4, -0.2) is 21.1 Å². The van der Waals surface area contributed by atoms with Crippen LogP contribution in [0.4, 0.5) is 0 Å². The number of nitrogens with two attached hydrogens (primary N) is 1. The van der Waals surface area contributed by atoms with Crippen LogP contribution in [0.2, 0.25) is 0 Å². The Hall–Kier alpha value is -1.42. The van der Waals surface area contributed by atoms with Gasteiger partial charge in [0.1, 0.15) is 11.3 Å². The van der Waals surface area contributed by atoms with Crippen LogP contribution >= 0.6 is 0 Å². The number of nitrogens with zero attached hydrogens (tertiary/aromatic N) is 3. The molecular weight excluding hydrogens is 188 g/mol. The molecule has 4 nitrogen and oxygen atoms in total. The Morgan fingerprint density at radius 3 is 3.07 bits per heavy atom. The molecule has 1 aliphatic carbocycles. The molecule has 1 saturated carbocycles. The average molecular weight is 202 g/mol. The first-order valence-corrected chi connectivity index (χ1v) is 5.41. The SMILES string of the molecule is NCCn1c(C2CC2)nc2cccnc21. The molecule has 1 fully saturated rings. The topological polar surface area (TPSA) is 56.7 Å². The molecule has 0 amide bonds. The summed E-state index contributed by atoms with van der Waals surface area (Å²) in [5.41, 5.74) is 7.59. The zero-order valence-electron chi connectivity index (χ0n) is 8.56. The van der Waals surface area contributed by atoms with Crippen LogP contribution < -0.4 is 5.73 Å². The number of hydrogen-bond donors (Lipinski definition) is 1. The van der Waals surface area contributed by atoms with Crippen LogP contribution in [0, 0.1) is 0 Å². The van der Waals surface area contributed by atoms with Gasteiger partial charge < -0.3 is 10.3 Å². The van der Waals surface area contributed by atoms with Crippen molar-refractivity contribution in [1.82, 2.24) is 14.5 Å². The monoisotopic (exact) mass is 202 g/mol. The lowest BCUT2D eigenvalue weighted by Gasteiger charge is -2.04. The molecule has 0 radical (unpaired) electrons. The lowest BCUT2D eigenvalue weighted by Crippen LogP contribution is -2.12. The fourth-order valence-electron chi connectivity index (χ4n) is 1.98. The Labute approximate surface area is 88.1 Å². The van der Waals surface area contributed by atoms with Gasteiger partial charge in [-0.25, -0.2) is 9.97 Å². The third-order valence-corrected chi connectivity index (χ3v) is 2.83. The lowest BCUT2D eigenvalue weighted by molar-refractivity contribution is 0.675. The molecule has 2 aromatic rings. The Kier molecular flexibility index (Phi) is 1.95. The molecule has 2 aromatic heterocycles. The third kappa shape index (κ3) is 1.41. The molecule has 4 heteroatoms. The molecule has 0 aliphatic heterocycles. The number of fused-ring (bicyclic) bond motifs is 1. The Bertz CT molecular complexity index is 484. The highest BCUT2D eigenvalue weighted by atomic mass is 15.1. The minimum atomic E-state index is 0.641. The van der Waals surface area contributed by atoms with Crippen LogP contribution in [0.1, 0.15) is 24.6 Å². The molecule has 1 aliphatic rings. The van der Waals surface area contributed by atoms with Crippen molar-refractivity contribution in [3.63, 3.8) is 0 Å². The largest absolute Gasteiger partial charge is 0.329 e. The van der Waals surface area contributed by atoms with E-state index in [1.807, 2.05) is 18.3 Å². The van der Waals surface area contributed by atoms with E-state index in [-0.39, 0.29) is 0 Å². The molecule has 0 aromatic carbocycles. The maximum Gasteiger partial charge on any atom is 0.160 e. The van der Waals surface area contributed by atoms with Gasteiger partial charge in [-0.3, -0.25) is 0 Å². The molecular formula is C11H14N4. The minimum absolute atomic E-state index is 0.641. The fraction of sp³-hybridized carbons (Fsp3) is 0.455. The molecule has 78 valence electrons. The first kappa shape index (κ1) is 8.85. The summed E-state index contributed by atoms with van der Waals surface area (Å²) in [6.45, 7) is 1.46. The summed E-state index contributed by atoms with van der Waals surface area (Å²) >= 11 is 0. The smallest absolute Gasteiger partial charge is 0.160 e. The van der Waals surface area contributed by atoms with Crippen molar-refractivity contribution in [2.24, 2.45) is 5.73 Å². The fourth-order valence-corrected chi connectivity index (χ4v) is 1.98. The summed E-state index contributed by atoms with van der Waals surface area (Å²) in [6, 6.07) is 3.94. The number of pyridine rings is 1. The number of imidazole rings is 1. The second-order valence-electron chi connectivity index (χ2n) is 4.03. The molecule has 2 N–H and O–H groups in total. The van der Waals surface area contributed by atoms with Crippen LogP contribution in [0.5, 0.6) is 0 Å². The summed E-state index contributed by atoms with van der Waals surface area (Å²) in [5, 5.41) is 0. The minimum Gasteiger partial charge on any atom is -0.329 e. The van der Waals surface area contributed by atoms with E-state index in [4.69, 9.17) is 5.73 Å². The average Bonchev–Trinajstić information content (AvgIpc) is 3.04. The van der Waals surface area contributed by atoms with Crippen molar-refractivity contribution >= 4 is 11.2 Å². The van der Waals surface area contributed by atoms with E-state index in [1.165, 1.54) is 18.7 Å². The summed E-state index contributed by atoms with van der Waals surface area (Å²) in [7, 11) is 0. The zero-order chi connectivity index (χ0) is 10.3. The Morgan fingerprint density at radius 2 is 2.33 bits per heavy atom. The van der Waals surface area contributed by atoms with Crippen LogP contribution in [0.25, 0.3) is 11.2 Å². The van der Waals surface area contributed by atoms with Gasteiger partial charge in [0.25, 0.3) is 0 Å². The maximum absolute atomic E-state index is 5.62. The number of hydrogen-bond acceptors (Lipinski definition) is 3. The van der Waals surface area contributed by atoms with E-state index in [9.17, 15) is 0 Å². The second-order valence-corrected chi connectivity index (χ2v) is 4.03. The molecule has 2 heterocycles. The third-order valence-electron chi connectivity index (χ3n) is 2.83. The van der Waals surface area contributed by atoms with E-state index in [2.05, 4.69) is 14.5 Å². The van der Waals surface area contributed by atoms with Gasteiger partial charge in [0, 0.05) is 25.2 Å². The van der Waals surface area contributed by atoms with Gasteiger partial charge in [-0.1, -0.05) is 0 Å². The van der Waals surface area contributed by atoms with Crippen molar-refractivity contribution in [2.45, 2.75) is 25.3 Å². The zero-order valence-corrected chi connectivity index (χ0v) is 8.56. The highest BCUT2D eigenvalue weighted by Gasteiger charge is 2.29. The molecule has 15 heavy (non-hydrogen) atoms. The molecule has 0 unspecified atom stereocenters. The number of aromatic nitrogens is 3. The van der Waals surface area contributed by atoms with E-state index < -0.39 is 0 Å². The standard InChI is InChI=1S/C11H14N4/c12-5-7-15-10(8-3-4-8)14-9-2-1-6-13-11(9)15/h1-2,6,8H,3-5,7,12H2. The Balaban J connectivity index is 2.19. The summed E-state index contributed by atoms with van der Waals surface area (Å²) < 4.78 is 2.17. The van der Waals surface area contributed by atoms with E-state index in [1.54, 1.807) is 0 Å². The van der Waals surface area contributed by atoms with Gasteiger partial charge >= 0.3 is 0 Å². The van der Waals surface area contributed by atoms with Crippen molar-refractivity contribution in [3.8, 4) is 0 Å². The number of rotatable bonds is 3. The van der Waals surface area contributed by atoms with Gasteiger partial charge in [0.15, 0.2) is 5.65 Å². The van der Waals surface area contributed by atoms with Gasteiger partial charge in [-0.2, -0.15) is 0 Å². The van der Waals surface area contributed by atoms with Crippen molar-refractivity contribution in [3.05, 3.63) is 24.2 Å². The van der Waals surface area contributed by atoms with Crippen LogP contribution in [0.15, 0.2) is 18.3 Å². The van der Waals surface area contributed by atoms with Crippen molar-refractivity contribution in [1.29, 1.82) is 0 Å². The summed E-state index contributed by atoms with van der Waals surface area (Å²) in [5.74, 6) is 1.82. The molecule has 0 spiro atoms. The quantitative estimate of drug-likeness (QED) is 0.815. The molecule has 0 bridgehead atoms. The second kappa shape index (κ2) is 3.31.